The molecule has 5 heteroatoms. The third-order valence-corrected chi connectivity index (χ3v) is 4.71. The molecule has 0 aliphatic carbocycles. The minimum absolute atomic E-state index is 0.0306. The highest BCUT2D eigenvalue weighted by Gasteiger charge is 2.20. The fourth-order valence-electron chi connectivity index (χ4n) is 3.22. The zero-order valence-corrected chi connectivity index (χ0v) is 15.1. The number of nitrogens with one attached hydrogen (secondary N) is 1. The molecule has 0 aliphatic rings. The molecule has 4 rings (SSSR count). The monoisotopic (exact) mass is 356 g/mol. The highest BCUT2D eigenvalue weighted by atomic mass is 16.2. The van der Waals surface area contributed by atoms with E-state index in [1.807, 2.05) is 47.4 Å². The van der Waals surface area contributed by atoms with Crippen molar-refractivity contribution in [1.29, 1.82) is 0 Å². The molecule has 0 saturated carbocycles. The molecule has 1 amide bonds. The van der Waals surface area contributed by atoms with Crippen LogP contribution in [0.1, 0.15) is 27.0 Å². The SMILES string of the molecule is Cc1ccccc1CN(Cc1cccnc1)C(=O)c1cccc2cn[nH]c12. The van der Waals surface area contributed by atoms with Crippen molar-refractivity contribution in [3.8, 4) is 0 Å². The van der Waals surface area contributed by atoms with Gasteiger partial charge in [0.2, 0.25) is 0 Å². The number of benzene rings is 2. The van der Waals surface area contributed by atoms with Gasteiger partial charge in [-0.3, -0.25) is 14.9 Å². The molecule has 0 radical (unpaired) electrons. The molecule has 0 bridgehead atoms. The summed E-state index contributed by atoms with van der Waals surface area (Å²) in [6.45, 7) is 3.09. The van der Waals surface area contributed by atoms with Crippen molar-refractivity contribution in [1.82, 2.24) is 20.1 Å². The molecule has 0 unspecified atom stereocenters. The zero-order valence-electron chi connectivity index (χ0n) is 15.1. The second-order valence-electron chi connectivity index (χ2n) is 6.59. The number of aromatic nitrogens is 3. The highest BCUT2D eigenvalue weighted by molar-refractivity contribution is 6.05. The molecule has 2 aromatic carbocycles. The van der Waals surface area contributed by atoms with Crippen molar-refractivity contribution in [3.05, 3.63) is 95.4 Å². The Morgan fingerprint density at radius 1 is 1.00 bits per heavy atom. The maximum absolute atomic E-state index is 13.4. The first-order chi connectivity index (χ1) is 13.2. The Hall–Kier alpha value is -3.47. The largest absolute Gasteiger partial charge is 0.330 e. The summed E-state index contributed by atoms with van der Waals surface area (Å²) in [5.74, 6) is -0.0306. The number of nitrogens with zero attached hydrogens (tertiary/aromatic N) is 3. The lowest BCUT2D eigenvalue weighted by Crippen LogP contribution is -2.30. The van der Waals surface area contributed by atoms with Crippen LogP contribution in [0.3, 0.4) is 0 Å². The van der Waals surface area contributed by atoms with Crippen LogP contribution in [-0.4, -0.2) is 26.0 Å². The molecule has 5 nitrogen and oxygen atoms in total. The predicted octanol–water partition coefficient (Wildman–Crippen LogP) is 4.11. The highest BCUT2D eigenvalue weighted by Crippen LogP contribution is 2.21. The van der Waals surface area contributed by atoms with Crippen molar-refractivity contribution >= 4 is 16.8 Å². The van der Waals surface area contributed by atoms with Gasteiger partial charge in [0.05, 0.1) is 17.3 Å². The number of hydrogen-bond donors (Lipinski definition) is 1. The number of carbonyl (C=O) groups excluding carboxylic acids is 1. The minimum Gasteiger partial charge on any atom is -0.330 e. The Kier molecular flexibility index (Phi) is 4.66. The Balaban J connectivity index is 1.71. The quantitative estimate of drug-likeness (QED) is 0.585. The predicted molar refractivity (Wildman–Crippen MR) is 105 cm³/mol. The van der Waals surface area contributed by atoms with Crippen LogP contribution in [0.25, 0.3) is 10.9 Å². The van der Waals surface area contributed by atoms with Gasteiger partial charge in [0.15, 0.2) is 0 Å². The maximum Gasteiger partial charge on any atom is 0.256 e. The zero-order chi connectivity index (χ0) is 18.6. The van der Waals surface area contributed by atoms with Gasteiger partial charge in [0.25, 0.3) is 5.91 Å². The molecule has 1 N–H and O–H groups in total. The van der Waals surface area contributed by atoms with E-state index in [-0.39, 0.29) is 5.91 Å². The minimum atomic E-state index is -0.0306. The van der Waals surface area contributed by atoms with Gasteiger partial charge in [-0.1, -0.05) is 42.5 Å². The Bertz CT molecular complexity index is 1070. The first-order valence-corrected chi connectivity index (χ1v) is 8.87. The van der Waals surface area contributed by atoms with E-state index in [2.05, 4.69) is 34.2 Å². The first-order valence-electron chi connectivity index (χ1n) is 8.87. The summed E-state index contributed by atoms with van der Waals surface area (Å²) in [4.78, 5) is 19.5. The molecule has 2 heterocycles. The number of H-pyrrole nitrogens is 1. The van der Waals surface area contributed by atoms with Crippen molar-refractivity contribution in [2.24, 2.45) is 0 Å². The number of rotatable bonds is 5. The molecule has 2 aromatic heterocycles. The number of carbonyl (C=O) groups is 1. The third kappa shape index (κ3) is 3.58. The van der Waals surface area contributed by atoms with Crippen LogP contribution < -0.4 is 0 Å². The summed E-state index contributed by atoms with van der Waals surface area (Å²) < 4.78 is 0. The van der Waals surface area contributed by atoms with E-state index in [9.17, 15) is 4.79 Å². The average Bonchev–Trinajstić information content (AvgIpc) is 3.18. The average molecular weight is 356 g/mol. The van der Waals surface area contributed by atoms with Gasteiger partial charge < -0.3 is 4.90 Å². The topological polar surface area (TPSA) is 61.9 Å². The van der Waals surface area contributed by atoms with Gasteiger partial charge in [-0.2, -0.15) is 5.10 Å². The summed E-state index contributed by atoms with van der Waals surface area (Å²) in [6.07, 6.45) is 5.27. The standard InChI is InChI=1S/C22H20N4O/c1-16-6-2-3-8-19(16)15-26(14-17-7-5-11-23-12-17)22(27)20-10-4-9-18-13-24-25-21(18)20/h2-13H,14-15H2,1H3,(H,24,25). The van der Waals surface area contributed by atoms with Crippen LogP contribution in [0.4, 0.5) is 0 Å². The van der Waals surface area contributed by atoms with Gasteiger partial charge in [-0.15, -0.1) is 0 Å². The number of hydrogen-bond acceptors (Lipinski definition) is 3. The fourth-order valence-corrected chi connectivity index (χ4v) is 3.22. The molecule has 0 saturated heterocycles. The van der Waals surface area contributed by atoms with Crippen LogP contribution in [0.15, 0.2) is 73.2 Å². The van der Waals surface area contributed by atoms with Crippen LogP contribution in [0.5, 0.6) is 0 Å². The molecule has 0 spiro atoms. The van der Waals surface area contributed by atoms with Crippen LogP contribution in [0.2, 0.25) is 0 Å². The fraction of sp³-hybridized carbons (Fsp3) is 0.136. The normalized spacial score (nSPS) is 10.9. The summed E-state index contributed by atoms with van der Waals surface area (Å²) in [5.41, 5.74) is 4.69. The number of pyridine rings is 1. The smallest absolute Gasteiger partial charge is 0.256 e. The molecule has 0 aliphatic heterocycles. The molecule has 4 aromatic rings. The van der Waals surface area contributed by atoms with Gasteiger partial charge in [0, 0.05) is 30.9 Å². The number of aromatic amines is 1. The summed E-state index contributed by atoms with van der Waals surface area (Å²) in [5, 5.41) is 7.96. The Morgan fingerprint density at radius 2 is 1.89 bits per heavy atom. The van der Waals surface area contributed by atoms with Crippen LogP contribution >= 0.6 is 0 Å². The van der Waals surface area contributed by atoms with Crippen LogP contribution in [-0.2, 0) is 13.1 Å². The molecule has 27 heavy (non-hydrogen) atoms. The van der Waals surface area contributed by atoms with E-state index in [1.165, 1.54) is 5.56 Å². The lowest BCUT2D eigenvalue weighted by Gasteiger charge is -2.24. The molecule has 0 fully saturated rings. The second-order valence-corrected chi connectivity index (χ2v) is 6.59. The second kappa shape index (κ2) is 7.41. The Morgan fingerprint density at radius 3 is 2.70 bits per heavy atom. The van der Waals surface area contributed by atoms with Gasteiger partial charge in [0.1, 0.15) is 0 Å². The number of fused-ring (bicyclic) bond motifs is 1. The summed E-state index contributed by atoms with van der Waals surface area (Å²) >= 11 is 0. The molecular weight excluding hydrogens is 336 g/mol. The van der Waals surface area contributed by atoms with Crippen molar-refractivity contribution < 1.29 is 4.79 Å². The van der Waals surface area contributed by atoms with E-state index in [0.717, 1.165) is 22.0 Å². The van der Waals surface area contributed by atoms with E-state index in [1.54, 1.807) is 18.6 Å². The van der Waals surface area contributed by atoms with Crippen molar-refractivity contribution in [2.75, 3.05) is 0 Å². The van der Waals surface area contributed by atoms with Crippen LogP contribution in [0, 0.1) is 6.92 Å². The number of para-hydroxylation sites is 1. The van der Waals surface area contributed by atoms with E-state index in [4.69, 9.17) is 0 Å². The molecular formula is C22H20N4O. The third-order valence-electron chi connectivity index (χ3n) is 4.71. The molecule has 0 atom stereocenters. The number of aryl methyl sites for hydroxylation is 1. The number of amides is 1. The lowest BCUT2D eigenvalue weighted by atomic mass is 10.1. The van der Waals surface area contributed by atoms with E-state index >= 15 is 0 Å². The molecule has 134 valence electrons. The van der Waals surface area contributed by atoms with Crippen molar-refractivity contribution in [2.45, 2.75) is 20.0 Å². The Labute approximate surface area is 157 Å². The van der Waals surface area contributed by atoms with Crippen molar-refractivity contribution in [3.63, 3.8) is 0 Å². The summed E-state index contributed by atoms with van der Waals surface area (Å²) in [7, 11) is 0. The van der Waals surface area contributed by atoms with Gasteiger partial charge >= 0.3 is 0 Å². The van der Waals surface area contributed by atoms with Gasteiger partial charge in [-0.05, 0) is 35.7 Å². The lowest BCUT2D eigenvalue weighted by molar-refractivity contribution is 0.0731. The maximum atomic E-state index is 13.4. The van der Waals surface area contributed by atoms with E-state index < -0.39 is 0 Å². The first kappa shape index (κ1) is 17.0. The van der Waals surface area contributed by atoms with Gasteiger partial charge in [-0.25, -0.2) is 0 Å². The summed E-state index contributed by atoms with van der Waals surface area (Å²) in [6, 6.07) is 17.7. The van der Waals surface area contributed by atoms with E-state index in [0.29, 0.717) is 18.7 Å².